The number of nitrogens with one attached hydrogen (secondary N) is 2. The van der Waals surface area contributed by atoms with Crippen molar-refractivity contribution in [3.8, 4) is 11.8 Å². The fourth-order valence-corrected chi connectivity index (χ4v) is 4.43. The quantitative estimate of drug-likeness (QED) is 0.191. The molecule has 0 radical (unpaired) electrons. The highest BCUT2D eigenvalue weighted by molar-refractivity contribution is 6.03. The molecule has 1 saturated carbocycles. The minimum atomic E-state index is -4.80. The van der Waals surface area contributed by atoms with Gasteiger partial charge in [0.1, 0.15) is 5.69 Å². The van der Waals surface area contributed by atoms with Gasteiger partial charge in [0.2, 0.25) is 0 Å². The van der Waals surface area contributed by atoms with Crippen molar-refractivity contribution < 1.29 is 22.9 Å². The minimum absolute atomic E-state index is 0.0561. The Bertz CT molecular complexity index is 1660. The molecule has 1 amide bonds. The van der Waals surface area contributed by atoms with Crippen LogP contribution in [-0.4, -0.2) is 27.2 Å². The van der Waals surface area contributed by atoms with Crippen molar-refractivity contribution in [1.82, 2.24) is 15.1 Å². The second-order valence-electron chi connectivity index (χ2n) is 9.70. The molecule has 1 fully saturated rings. The van der Waals surface area contributed by atoms with Crippen molar-refractivity contribution in [2.24, 2.45) is 5.92 Å². The molecule has 12 heteroatoms. The Balaban J connectivity index is 1.47. The Morgan fingerprint density at radius 3 is 2.46 bits per heavy atom. The zero-order chi connectivity index (χ0) is 29.1. The van der Waals surface area contributed by atoms with Crippen molar-refractivity contribution >= 4 is 17.3 Å². The fraction of sp³-hybridized carbons (Fsp3) is 0.207. The minimum Gasteiger partial charge on any atom is -0.321 e. The number of anilines is 1. The van der Waals surface area contributed by atoms with Gasteiger partial charge < -0.3 is 10.6 Å². The lowest BCUT2D eigenvalue weighted by molar-refractivity contribution is -0.384. The van der Waals surface area contributed by atoms with Crippen molar-refractivity contribution in [3.05, 3.63) is 117 Å². The van der Waals surface area contributed by atoms with E-state index in [0.717, 1.165) is 17.5 Å². The van der Waals surface area contributed by atoms with Crippen LogP contribution < -0.4 is 10.6 Å². The maximum atomic E-state index is 13.5. The van der Waals surface area contributed by atoms with E-state index < -0.39 is 28.7 Å². The molecule has 1 atom stereocenters. The fourth-order valence-electron chi connectivity index (χ4n) is 4.43. The molecular weight excluding hydrogens is 537 g/mol. The van der Waals surface area contributed by atoms with Crippen LogP contribution in [0.25, 0.3) is 5.69 Å². The first-order valence-corrected chi connectivity index (χ1v) is 12.7. The first kappa shape index (κ1) is 27.5. The molecule has 4 aromatic rings. The van der Waals surface area contributed by atoms with Crippen LogP contribution in [-0.2, 0) is 6.18 Å². The Kier molecular flexibility index (Phi) is 7.54. The van der Waals surface area contributed by atoms with E-state index in [2.05, 4.69) is 15.7 Å². The molecule has 2 N–H and O–H groups in total. The van der Waals surface area contributed by atoms with Gasteiger partial charge in [-0.3, -0.25) is 14.9 Å². The summed E-state index contributed by atoms with van der Waals surface area (Å²) in [5.41, 5.74) is 0.296. The van der Waals surface area contributed by atoms with E-state index in [1.165, 1.54) is 36.4 Å². The lowest BCUT2D eigenvalue weighted by Crippen LogP contribution is -2.25. The summed E-state index contributed by atoms with van der Waals surface area (Å²) in [5, 5.41) is 30.3. The van der Waals surface area contributed by atoms with Gasteiger partial charge in [-0.05, 0) is 66.8 Å². The number of nitriles is 1. The molecule has 9 nitrogen and oxygen atoms in total. The van der Waals surface area contributed by atoms with Gasteiger partial charge >= 0.3 is 6.18 Å². The number of amides is 1. The first-order valence-electron chi connectivity index (χ1n) is 12.7. The largest absolute Gasteiger partial charge is 0.435 e. The predicted molar refractivity (Wildman–Crippen MR) is 143 cm³/mol. The predicted octanol–water partition coefficient (Wildman–Crippen LogP) is 6.01. The van der Waals surface area contributed by atoms with Gasteiger partial charge in [-0.15, -0.1) is 0 Å². The number of nitro groups is 1. The lowest BCUT2D eigenvalue weighted by Gasteiger charge is -2.21. The summed E-state index contributed by atoms with van der Waals surface area (Å²) in [6.07, 6.45) is -2.61. The summed E-state index contributed by atoms with van der Waals surface area (Å²) in [6.45, 7) is 0.700. The monoisotopic (exact) mass is 560 g/mol. The molecule has 0 spiro atoms. The number of hydrogen-bond donors (Lipinski definition) is 2. The molecule has 5 rings (SSSR count). The molecule has 0 aliphatic heterocycles. The molecule has 1 unspecified atom stereocenters. The van der Waals surface area contributed by atoms with E-state index in [4.69, 9.17) is 0 Å². The number of nitro benzene ring substituents is 1. The second-order valence-corrected chi connectivity index (χ2v) is 9.70. The van der Waals surface area contributed by atoms with Gasteiger partial charge in [0, 0.05) is 23.9 Å². The zero-order valence-electron chi connectivity index (χ0n) is 21.4. The molecule has 1 aliphatic rings. The van der Waals surface area contributed by atoms with E-state index in [1.807, 2.05) is 6.07 Å². The Morgan fingerprint density at radius 2 is 1.78 bits per heavy atom. The summed E-state index contributed by atoms with van der Waals surface area (Å²) >= 11 is 0. The highest BCUT2D eigenvalue weighted by atomic mass is 19.4. The molecule has 1 aliphatic carbocycles. The van der Waals surface area contributed by atoms with Crippen molar-refractivity contribution in [3.63, 3.8) is 0 Å². The Hall–Kier alpha value is -5.02. The molecule has 1 aromatic heterocycles. The van der Waals surface area contributed by atoms with Gasteiger partial charge in [0.15, 0.2) is 5.69 Å². The van der Waals surface area contributed by atoms with E-state index in [-0.39, 0.29) is 22.6 Å². The summed E-state index contributed by atoms with van der Waals surface area (Å²) in [7, 11) is 0. The number of aromatic nitrogens is 2. The number of benzene rings is 3. The van der Waals surface area contributed by atoms with Crippen molar-refractivity contribution in [2.75, 3.05) is 11.9 Å². The maximum Gasteiger partial charge on any atom is 0.435 e. The molecule has 41 heavy (non-hydrogen) atoms. The van der Waals surface area contributed by atoms with Crippen LogP contribution in [0.3, 0.4) is 0 Å². The Morgan fingerprint density at radius 1 is 1.07 bits per heavy atom. The highest BCUT2D eigenvalue weighted by Gasteiger charge is 2.36. The number of alkyl halides is 3. The number of hydrogen-bond acceptors (Lipinski definition) is 6. The lowest BCUT2D eigenvalue weighted by atomic mass is 9.97. The molecule has 208 valence electrons. The number of non-ortho nitro benzene ring substituents is 1. The van der Waals surface area contributed by atoms with Crippen LogP contribution in [0.1, 0.15) is 51.8 Å². The average Bonchev–Trinajstić information content (AvgIpc) is 3.66. The zero-order valence-corrected chi connectivity index (χ0v) is 21.4. The van der Waals surface area contributed by atoms with Crippen LogP contribution in [0, 0.1) is 27.4 Å². The highest BCUT2D eigenvalue weighted by Crippen LogP contribution is 2.33. The van der Waals surface area contributed by atoms with Crippen molar-refractivity contribution in [2.45, 2.75) is 25.1 Å². The van der Waals surface area contributed by atoms with Crippen molar-refractivity contribution in [1.29, 1.82) is 5.26 Å². The molecular formula is C29H23F3N6O3. The summed E-state index contributed by atoms with van der Waals surface area (Å²) in [6, 6.07) is 20.9. The maximum absolute atomic E-state index is 13.5. The van der Waals surface area contributed by atoms with Gasteiger partial charge in [0.25, 0.3) is 11.6 Å². The van der Waals surface area contributed by atoms with Crippen LogP contribution in [0.15, 0.2) is 78.9 Å². The van der Waals surface area contributed by atoms with Crippen LogP contribution in [0.5, 0.6) is 0 Å². The molecule has 0 saturated heterocycles. The third-order valence-electron chi connectivity index (χ3n) is 6.65. The molecule has 0 bridgehead atoms. The molecule has 1 heterocycles. The van der Waals surface area contributed by atoms with Crippen LogP contribution in [0.4, 0.5) is 24.5 Å². The number of carbonyl (C=O) groups is 1. The Labute approximate surface area is 232 Å². The van der Waals surface area contributed by atoms with E-state index in [1.54, 1.807) is 36.4 Å². The number of nitrogens with zero attached hydrogens (tertiary/aromatic N) is 4. The third kappa shape index (κ3) is 6.42. The number of rotatable bonds is 9. The van der Waals surface area contributed by atoms with Gasteiger partial charge in [-0.1, -0.05) is 30.3 Å². The SMILES string of the molecule is N#Cc1cccc(-n2nc(C(F)(F)F)cc2C(=O)Nc2cccc(C(NCC3CC3)c3cccc([N+](=O)[O-])c3)c2)c1. The molecule has 3 aromatic carbocycles. The summed E-state index contributed by atoms with van der Waals surface area (Å²) in [4.78, 5) is 24.2. The summed E-state index contributed by atoms with van der Waals surface area (Å²) in [5.74, 6) is -0.327. The smallest absolute Gasteiger partial charge is 0.321 e. The third-order valence-corrected chi connectivity index (χ3v) is 6.65. The topological polar surface area (TPSA) is 126 Å². The van der Waals surface area contributed by atoms with Gasteiger partial charge in [-0.25, -0.2) is 4.68 Å². The van der Waals surface area contributed by atoms with Gasteiger partial charge in [0.05, 0.1) is 28.3 Å². The first-order chi connectivity index (χ1) is 19.6. The standard InChI is InChI=1S/C29H23F3N6O3/c30-29(31,32)26-15-25(37(36-26)23-8-1-4-19(12-23)16-33)28(39)35-22-7-2-5-20(13-22)27(34-17-18-10-11-18)21-6-3-9-24(14-21)38(40)41/h1-9,12-15,18,27,34H,10-11,17H2,(H,35,39). The van der Waals surface area contributed by atoms with Crippen LogP contribution >= 0.6 is 0 Å². The van der Waals surface area contributed by atoms with E-state index in [9.17, 15) is 33.3 Å². The van der Waals surface area contributed by atoms with Gasteiger partial charge in [-0.2, -0.15) is 23.5 Å². The normalized spacial score (nSPS) is 13.8. The van der Waals surface area contributed by atoms with Crippen LogP contribution in [0.2, 0.25) is 0 Å². The number of carbonyl (C=O) groups excluding carboxylic acids is 1. The number of halogens is 3. The summed E-state index contributed by atoms with van der Waals surface area (Å²) < 4.78 is 41.5. The second kappa shape index (κ2) is 11.2. The van der Waals surface area contributed by atoms with E-state index in [0.29, 0.717) is 35.3 Å². The average molecular weight is 561 g/mol. The van der Waals surface area contributed by atoms with E-state index >= 15 is 0 Å².